The van der Waals surface area contributed by atoms with E-state index in [1.54, 1.807) is 11.7 Å². The third kappa shape index (κ3) is 2.28. The van der Waals surface area contributed by atoms with E-state index >= 15 is 0 Å². The van der Waals surface area contributed by atoms with Crippen molar-refractivity contribution in [2.24, 2.45) is 7.05 Å². The number of rotatable bonds is 5. The van der Waals surface area contributed by atoms with Crippen molar-refractivity contribution in [3.05, 3.63) is 11.3 Å². The summed E-state index contributed by atoms with van der Waals surface area (Å²) in [6, 6.07) is 0. The molecule has 0 amide bonds. The fourth-order valence-electron chi connectivity index (χ4n) is 1.66. The molecule has 3 nitrogen and oxygen atoms in total. The molecule has 1 aromatic heterocycles. The van der Waals surface area contributed by atoms with Crippen molar-refractivity contribution < 1.29 is 5.11 Å². The van der Waals surface area contributed by atoms with Crippen LogP contribution in [-0.2, 0) is 19.9 Å². The maximum absolute atomic E-state index is 9.75. The van der Waals surface area contributed by atoms with Crippen molar-refractivity contribution in [3.63, 3.8) is 0 Å². The van der Waals surface area contributed by atoms with Crippen LogP contribution in [0.5, 0.6) is 5.88 Å². The summed E-state index contributed by atoms with van der Waals surface area (Å²) in [5, 5.41) is 14.1. The van der Waals surface area contributed by atoms with Crippen LogP contribution in [0, 0.1) is 0 Å². The molecule has 0 spiro atoms. The molecular formula is C11H20N2O. The summed E-state index contributed by atoms with van der Waals surface area (Å²) in [5.41, 5.74) is 2.12. The van der Waals surface area contributed by atoms with Gasteiger partial charge in [0.1, 0.15) is 0 Å². The van der Waals surface area contributed by atoms with Crippen LogP contribution in [0.4, 0.5) is 0 Å². The second kappa shape index (κ2) is 5.03. The number of hydrogen-bond acceptors (Lipinski definition) is 2. The average molecular weight is 196 g/mol. The van der Waals surface area contributed by atoms with Gasteiger partial charge in [0.05, 0.1) is 5.69 Å². The fourth-order valence-corrected chi connectivity index (χ4v) is 1.66. The number of aryl methyl sites for hydroxylation is 2. The van der Waals surface area contributed by atoms with E-state index < -0.39 is 0 Å². The smallest absolute Gasteiger partial charge is 0.212 e. The van der Waals surface area contributed by atoms with E-state index in [-0.39, 0.29) is 0 Å². The van der Waals surface area contributed by atoms with E-state index in [4.69, 9.17) is 0 Å². The van der Waals surface area contributed by atoms with E-state index in [2.05, 4.69) is 18.9 Å². The van der Waals surface area contributed by atoms with Gasteiger partial charge < -0.3 is 5.11 Å². The lowest BCUT2D eigenvalue weighted by molar-refractivity contribution is 0.413. The number of hydrogen-bond donors (Lipinski definition) is 1. The van der Waals surface area contributed by atoms with Crippen LogP contribution in [-0.4, -0.2) is 14.9 Å². The first-order valence-corrected chi connectivity index (χ1v) is 5.44. The van der Waals surface area contributed by atoms with Crippen molar-refractivity contribution in [1.29, 1.82) is 0 Å². The lowest BCUT2D eigenvalue weighted by atomic mass is 10.1. The van der Waals surface area contributed by atoms with Crippen molar-refractivity contribution in [2.75, 3.05) is 0 Å². The Kier molecular flexibility index (Phi) is 3.98. The zero-order valence-electron chi connectivity index (χ0n) is 9.38. The highest BCUT2D eigenvalue weighted by Crippen LogP contribution is 2.23. The van der Waals surface area contributed by atoms with Crippen LogP contribution in [0.2, 0.25) is 0 Å². The molecule has 0 atom stereocenters. The molecule has 0 bridgehead atoms. The molecule has 0 aliphatic rings. The molecule has 0 aliphatic heterocycles. The number of aromatic nitrogens is 2. The molecule has 3 heteroatoms. The summed E-state index contributed by atoms with van der Waals surface area (Å²) in [5.74, 6) is 0.345. The van der Waals surface area contributed by atoms with Crippen molar-refractivity contribution in [2.45, 2.75) is 46.0 Å². The van der Waals surface area contributed by atoms with Crippen LogP contribution in [0.3, 0.4) is 0 Å². The zero-order valence-corrected chi connectivity index (χ0v) is 9.38. The number of aromatic hydroxyl groups is 1. The third-order valence-electron chi connectivity index (χ3n) is 2.46. The molecule has 80 valence electrons. The highest BCUT2D eigenvalue weighted by Gasteiger charge is 2.13. The SMILES string of the molecule is CCCCc1nn(C)c(O)c1CCC. The van der Waals surface area contributed by atoms with Gasteiger partial charge in [-0.25, -0.2) is 4.68 Å². The Morgan fingerprint density at radius 2 is 1.93 bits per heavy atom. The van der Waals surface area contributed by atoms with E-state index in [0.29, 0.717) is 5.88 Å². The Bertz CT molecular complexity index is 292. The van der Waals surface area contributed by atoms with Gasteiger partial charge >= 0.3 is 0 Å². The molecule has 0 saturated heterocycles. The molecule has 0 fully saturated rings. The summed E-state index contributed by atoms with van der Waals surface area (Å²) >= 11 is 0. The molecular weight excluding hydrogens is 176 g/mol. The Labute approximate surface area is 85.8 Å². The molecule has 0 radical (unpaired) electrons. The monoisotopic (exact) mass is 196 g/mol. The molecule has 1 heterocycles. The second-order valence-electron chi connectivity index (χ2n) is 3.73. The van der Waals surface area contributed by atoms with E-state index in [0.717, 1.165) is 36.9 Å². The minimum Gasteiger partial charge on any atom is -0.493 e. The summed E-state index contributed by atoms with van der Waals surface area (Å²) in [6.07, 6.45) is 5.29. The molecule has 14 heavy (non-hydrogen) atoms. The number of unbranched alkanes of at least 4 members (excludes halogenated alkanes) is 1. The maximum atomic E-state index is 9.75. The zero-order chi connectivity index (χ0) is 10.6. The van der Waals surface area contributed by atoms with Gasteiger partial charge in [-0.3, -0.25) is 0 Å². The normalized spacial score (nSPS) is 10.8. The quantitative estimate of drug-likeness (QED) is 0.785. The first-order chi connectivity index (χ1) is 6.70. The largest absolute Gasteiger partial charge is 0.493 e. The van der Waals surface area contributed by atoms with Gasteiger partial charge in [0.15, 0.2) is 0 Å². The van der Waals surface area contributed by atoms with Crippen molar-refractivity contribution >= 4 is 0 Å². The average Bonchev–Trinajstić information content (AvgIpc) is 2.43. The van der Waals surface area contributed by atoms with Gasteiger partial charge in [-0.2, -0.15) is 5.10 Å². The highest BCUT2D eigenvalue weighted by atomic mass is 16.3. The minimum atomic E-state index is 0.345. The maximum Gasteiger partial charge on any atom is 0.212 e. The molecule has 0 saturated carbocycles. The molecule has 0 unspecified atom stereocenters. The Morgan fingerprint density at radius 1 is 1.21 bits per heavy atom. The predicted molar refractivity (Wildman–Crippen MR) is 57.5 cm³/mol. The molecule has 1 rings (SSSR count). The molecule has 0 aromatic carbocycles. The lowest BCUT2D eigenvalue weighted by Crippen LogP contribution is -1.93. The predicted octanol–water partition coefficient (Wildman–Crippen LogP) is 2.42. The molecule has 1 N–H and O–H groups in total. The highest BCUT2D eigenvalue weighted by molar-refractivity contribution is 5.30. The topological polar surface area (TPSA) is 38.0 Å². The van der Waals surface area contributed by atoms with Crippen LogP contribution < -0.4 is 0 Å². The van der Waals surface area contributed by atoms with Crippen LogP contribution in [0.25, 0.3) is 0 Å². The van der Waals surface area contributed by atoms with Gasteiger partial charge in [-0.05, 0) is 19.3 Å². The first-order valence-electron chi connectivity index (χ1n) is 5.44. The van der Waals surface area contributed by atoms with Gasteiger partial charge in [0.25, 0.3) is 0 Å². The van der Waals surface area contributed by atoms with Crippen LogP contribution in [0.1, 0.15) is 44.4 Å². The van der Waals surface area contributed by atoms with Gasteiger partial charge in [-0.15, -0.1) is 0 Å². The first kappa shape index (κ1) is 11.1. The van der Waals surface area contributed by atoms with Gasteiger partial charge in [0.2, 0.25) is 5.88 Å². The summed E-state index contributed by atoms with van der Waals surface area (Å²) in [7, 11) is 1.80. The van der Waals surface area contributed by atoms with E-state index in [1.807, 2.05) is 0 Å². The van der Waals surface area contributed by atoms with Crippen molar-refractivity contribution in [3.8, 4) is 5.88 Å². The Morgan fingerprint density at radius 3 is 2.50 bits per heavy atom. The van der Waals surface area contributed by atoms with Crippen LogP contribution >= 0.6 is 0 Å². The summed E-state index contributed by atoms with van der Waals surface area (Å²) < 4.78 is 1.58. The fraction of sp³-hybridized carbons (Fsp3) is 0.727. The summed E-state index contributed by atoms with van der Waals surface area (Å²) in [6.45, 7) is 4.29. The second-order valence-corrected chi connectivity index (χ2v) is 3.73. The van der Waals surface area contributed by atoms with E-state index in [9.17, 15) is 5.11 Å². The van der Waals surface area contributed by atoms with Crippen LogP contribution in [0.15, 0.2) is 0 Å². The van der Waals surface area contributed by atoms with Gasteiger partial charge in [-0.1, -0.05) is 26.7 Å². The Balaban J connectivity index is 2.84. The standard InChI is InChI=1S/C11H20N2O/c1-4-6-8-10-9(7-5-2)11(14)13(3)12-10/h14H,4-8H2,1-3H3. The molecule has 1 aromatic rings. The molecule has 0 aliphatic carbocycles. The Hall–Kier alpha value is -0.990. The third-order valence-corrected chi connectivity index (χ3v) is 2.46. The number of nitrogens with zero attached hydrogens (tertiary/aromatic N) is 2. The minimum absolute atomic E-state index is 0.345. The van der Waals surface area contributed by atoms with Gasteiger partial charge in [0, 0.05) is 12.6 Å². The van der Waals surface area contributed by atoms with E-state index in [1.165, 1.54) is 6.42 Å². The summed E-state index contributed by atoms with van der Waals surface area (Å²) in [4.78, 5) is 0. The van der Waals surface area contributed by atoms with Crippen molar-refractivity contribution in [1.82, 2.24) is 9.78 Å². The lowest BCUT2D eigenvalue weighted by Gasteiger charge is -1.99.